The molecule has 0 aliphatic rings. The number of aliphatic imine (C=N–C) groups is 1. The first-order chi connectivity index (χ1) is 16.2. The van der Waals surface area contributed by atoms with Gasteiger partial charge in [-0.15, -0.1) is 0 Å². The van der Waals surface area contributed by atoms with E-state index < -0.39 is 12.0 Å². The number of ether oxygens (including phenoxy) is 2. The molecule has 4 nitrogen and oxygen atoms in total. The van der Waals surface area contributed by atoms with Gasteiger partial charge in [0, 0.05) is 11.1 Å². The van der Waals surface area contributed by atoms with Crippen molar-refractivity contribution in [3.05, 3.63) is 132 Å². The van der Waals surface area contributed by atoms with E-state index in [0.29, 0.717) is 5.75 Å². The normalized spacial score (nSPS) is 11.3. The standard InChI is InChI=1S/C29H25NO3/c1-2-32-29(31)28(24-18-20-26(21-19-24)33-25-16-10-5-11-17-25)30-27(22-12-6-3-7-13-22)23-14-8-4-9-15-23/h3-21,28H,2H2,1H3/t28-/m0/s1. The monoisotopic (exact) mass is 435 g/mol. The molecule has 4 rings (SSSR count). The van der Waals surface area contributed by atoms with Crippen molar-refractivity contribution in [2.45, 2.75) is 13.0 Å². The van der Waals surface area contributed by atoms with E-state index in [-0.39, 0.29) is 6.61 Å². The minimum absolute atomic E-state index is 0.284. The molecular formula is C29H25NO3. The Morgan fingerprint density at radius 1 is 0.697 bits per heavy atom. The van der Waals surface area contributed by atoms with Crippen LogP contribution in [-0.2, 0) is 9.53 Å². The number of nitrogens with zero attached hydrogens (tertiary/aromatic N) is 1. The number of rotatable bonds is 8. The van der Waals surface area contributed by atoms with E-state index in [0.717, 1.165) is 28.2 Å². The fourth-order valence-electron chi connectivity index (χ4n) is 3.46. The smallest absolute Gasteiger partial charge is 0.335 e. The van der Waals surface area contributed by atoms with E-state index in [2.05, 4.69) is 0 Å². The zero-order chi connectivity index (χ0) is 22.9. The molecule has 0 N–H and O–H groups in total. The van der Waals surface area contributed by atoms with Crippen molar-refractivity contribution in [3.8, 4) is 11.5 Å². The van der Waals surface area contributed by atoms with E-state index in [1.807, 2.05) is 115 Å². The van der Waals surface area contributed by atoms with Gasteiger partial charge in [-0.3, -0.25) is 4.99 Å². The third kappa shape index (κ3) is 5.74. The molecule has 4 aromatic carbocycles. The maximum atomic E-state index is 13.0. The quantitative estimate of drug-likeness (QED) is 0.231. The van der Waals surface area contributed by atoms with Crippen molar-refractivity contribution in [1.29, 1.82) is 0 Å². The highest BCUT2D eigenvalue weighted by atomic mass is 16.5. The van der Waals surface area contributed by atoms with E-state index in [1.165, 1.54) is 0 Å². The molecule has 0 spiro atoms. The predicted molar refractivity (Wildman–Crippen MR) is 131 cm³/mol. The Labute approximate surface area is 194 Å². The maximum absolute atomic E-state index is 13.0. The van der Waals surface area contributed by atoms with Gasteiger partial charge in [0.25, 0.3) is 0 Å². The van der Waals surface area contributed by atoms with Crippen molar-refractivity contribution in [3.63, 3.8) is 0 Å². The van der Waals surface area contributed by atoms with E-state index in [9.17, 15) is 4.79 Å². The molecule has 0 heterocycles. The number of esters is 1. The molecule has 0 aliphatic carbocycles. The molecule has 4 aromatic rings. The van der Waals surface area contributed by atoms with Crippen LogP contribution in [0.2, 0.25) is 0 Å². The molecule has 0 aromatic heterocycles. The van der Waals surface area contributed by atoms with Gasteiger partial charge in [-0.2, -0.15) is 0 Å². The summed E-state index contributed by atoms with van der Waals surface area (Å²) in [6.07, 6.45) is 0. The summed E-state index contributed by atoms with van der Waals surface area (Å²) in [6, 6.07) is 35.9. The van der Waals surface area contributed by atoms with Crippen LogP contribution in [-0.4, -0.2) is 18.3 Å². The van der Waals surface area contributed by atoms with Gasteiger partial charge in [-0.25, -0.2) is 4.79 Å². The first kappa shape index (κ1) is 22.0. The lowest BCUT2D eigenvalue weighted by atomic mass is 10.0. The Morgan fingerprint density at radius 3 is 1.70 bits per heavy atom. The van der Waals surface area contributed by atoms with Crippen LogP contribution in [0.1, 0.15) is 29.7 Å². The average molecular weight is 436 g/mol. The average Bonchev–Trinajstić information content (AvgIpc) is 2.87. The highest BCUT2D eigenvalue weighted by Gasteiger charge is 2.23. The summed E-state index contributed by atoms with van der Waals surface area (Å²) in [5.74, 6) is 1.04. The second kappa shape index (κ2) is 10.9. The number of carbonyl (C=O) groups excluding carboxylic acids is 1. The van der Waals surface area contributed by atoms with Crippen LogP contribution in [0.25, 0.3) is 0 Å². The Morgan fingerprint density at radius 2 is 1.18 bits per heavy atom. The zero-order valence-corrected chi connectivity index (χ0v) is 18.4. The first-order valence-corrected chi connectivity index (χ1v) is 10.9. The number of carbonyl (C=O) groups is 1. The largest absolute Gasteiger partial charge is 0.464 e. The molecule has 0 radical (unpaired) electrons. The van der Waals surface area contributed by atoms with Gasteiger partial charge < -0.3 is 9.47 Å². The van der Waals surface area contributed by atoms with Gasteiger partial charge in [0.15, 0.2) is 6.04 Å². The summed E-state index contributed by atoms with van der Waals surface area (Å²) in [5.41, 5.74) is 3.33. The second-order valence-corrected chi connectivity index (χ2v) is 7.35. The predicted octanol–water partition coefficient (Wildman–Crippen LogP) is 6.62. The SMILES string of the molecule is CCOC(=O)[C@@H](N=C(c1ccccc1)c1ccccc1)c1ccc(Oc2ccccc2)cc1. The van der Waals surface area contributed by atoms with Crippen LogP contribution in [0, 0.1) is 0 Å². The van der Waals surface area contributed by atoms with Gasteiger partial charge >= 0.3 is 5.97 Å². The minimum Gasteiger partial charge on any atom is -0.464 e. The lowest BCUT2D eigenvalue weighted by Gasteiger charge is -2.16. The van der Waals surface area contributed by atoms with Gasteiger partial charge in [0.05, 0.1) is 12.3 Å². The molecule has 1 atom stereocenters. The van der Waals surface area contributed by atoms with Crippen LogP contribution in [0.5, 0.6) is 11.5 Å². The topological polar surface area (TPSA) is 47.9 Å². The summed E-state index contributed by atoms with van der Waals surface area (Å²) < 4.78 is 11.3. The fraction of sp³-hybridized carbons (Fsp3) is 0.103. The third-order valence-corrected chi connectivity index (χ3v) is 5.04. The maximum Gasteiger partial charge on any atom is 0.335 e. The highest BCUT2D eigenvalue weighted by molar-refractivity contribution is 6.13. The molecule has 4 heteroatoms. The molecule has 0 saturated heterocycles. The summed E-state index contributed by atoms with van der Waals surface area (Å²) in [6.45, 7) is 2.08. The summed E-state index contributed by atoms with van der Waals surface area (Å²) in [5, 5.41) is 0. The van der Waals surface area contributed by atoms with Crippen molar-refractivity contribution < 1.29 is 14.3 Å². The van der Waals surface area contributed by atoms with Crippen LogP contribution in [0.4, 0.5) is 0 Å². The minimum atomic E-state index is -0.800. The van der Waals surface area contributed by atoms with Crippen molar-refractivity contribution in [2.24, 2.45) is 4.99 Å². The third-order valence-electron chi connectivity index (χ3n) is 5.04. The fourth-order valence-corrected chi connectivity index (χ4v) is 3.46. The summed E-state index contributed by atoms with van der Waals surface area (Å²) >= 11 is 0. The van der Waals surface area contributed by atoms with Crippen molar-refractivity contribution in [2.75, 3.05) is 6.61 Å². The molecule has 0 fully saturated rings. The number of hydrogen-bond acceptors (Lipinski definition) is 4. The Bertz CT molecular complexity index is 1150. The van der Waals surface area contributed by atoms with Crippen LogP contribution >= 0.6 is 0 Å². The van der Waals surface area contributed by atoms with E-state index in [1.54, 1.807) is 6.92 Å². The summed E-state index contributed by atoms with van der Waals surface area (Å²) in [4.78, 5) is 17.9. The molecule has 0 aliphatic heterocycles. The van der Waals surface area contributed by atoms with Gasteiger partial charge in [-0.05, 0) is 36.8 Å². The first-order valence-electron chi connectivity index (χ1n) is 10.9. The van der Waals surface area contributed by atoms with Gasteiger partial charge in [0.1, 0.15) is 11.5 Å². The number of benzene rings is 4. The van der Waals surface area contributed by atoms with E-state index >= 15 is 0 Å². The van der Waals surface area contributed by atoms with Crippen LogP contribution in [0.15, 0.2) is 120 Å². The number of hydrogen-bond donors (Lipinski definition) is 0. The Hall–Kier alpha value is -4.18. The lowest BCUT2D eigenvalue weighted by Crippen LogP contribution is -2.17. The van der Waals surface area contributed by atoms with Crippen molar-refractivity contribution in [1.82, 2.24) is 0 Å². The Kier molecular flexibility index (Phi) is 7.29. The second-order valence-electron chi connectivity index (χ2n) is 7.35. The highest BCUT2D eigenvalue weighted by Crippen LogP contribution is 2.27. The summed E-state index contributed by atoms with van der Waals surface area (Å²) in [7, 11) is 0. The molecule has 164 valence electrons. The molecule has 0 saturated carbocycles. The molecule has 33 heavy (non-hydrogen) atoms. The zero-order valence-electron chi connectivity index (χ0n) is 18.4. The lowest BCUT2D eigenvalue weighted by molar-refractivity contribution is -0.144. The number of para-hydroxylation sites is 1. The van der Waals surface area contributed by atoms with Gasteiger partial charge in [0.2, 0.25) is 0 Å². The Balaban J connectivity index is 1.71. The van der Waals surface area contributed by atoms with E-state index in [4.69, 9.17) is 14.5 Å². The van der Waals surface area contributed by atoms with Crippen LogP contribution < -0.4 is 4.74 Å². The molecular weight excluding hydrogens is 410 g/mol. The molecule has 0 bridgehead atoms. The van der Waals surface area contributed by atoms with Crippen LogP contribution in [0.3, 0.4) is 0 Å². The van der Waals surface area contributed by atoms with Crippen molar-refractivity contribution >= 4 is 11.7 Å². The molecule has 0 unspecified atom stereocenters. The van der Waals surface area contributed by atoms with Gasteiger partial charge in [-0.1, -0.05) is 91.0 Å². The molecule has 0 amide bonds.